The lowest BCUT2D eigenvalue weighted by Crippen LogP contribution is -2.50. The molecule has 11 heavy (non-hydrogen) atoms. The topological polar surface area (TPSA) is 38.0 Å². The summed E-state index contributed by atoms with van der Waals surface area (Å²) in [6.45, 7) is 6.72. The Morgan fingerprint density at radius 2 is 2.00 bits per heavy atom. The molecule has 1 saturated heterocycles. The van der Waals surface area contributed by atoms with E-state index in [-0.39, 0.29) is 0 Å². The van der Waals surface area contributed by atoms with E-state index in [0.717, 1.165) is 12.8 Å². The molecule has 1 rings (SSSR count). The summed E-state index contributed by atoms with van der Waals surface area (Å²) >= 11 is 0. The van der Waals surface area contributed by atoms with Crippen LogP contribution in [0.3, 0.4) is 0 Å². The Labute approximate surface area is 69.5 Å². The molecule has 0 amide bonds. The molecule has 0 bridgehead atoms. The Hall–Kier alpha value is -0.0800. The predicted molar refractivity (Wildman–Crippen MR) is 48.4 cm³/mol. The third-order valence-corrected chi connectivity index (χ3v) is 2.52. The van der Waals surface area contributed by atoms with Gasteiger partial charge in [-0.1, -0.05) is 13.8 Å². The number of nitrogens with two attached hydrogens (primary N) is 1. The Morgan fingerprint density at radius 3 is 2.45 bits per heavy atom. The molecule has 0 aromatic carbocycles. The Morgan fingerprint density at radius 1 is 1.36 bits per heavy atom. The second kappa shape index (κ2) is 3.55. The molecule has 0 saturated carbocycles. The summed E-state index contributed by atoms with van der Waals surface area (Å²) in [6.07, 6.45) is 2.27. The van der Waals surface area contributed by atoms with E-state index in [1.165, 1.54) is 0 Å². The zero-order valence-electron chi connectivity index (χ0n) is 7.80. The van der Waals surface area contributed by atoms with Crippen molar-refractivity contribution in [1.82, 2.24) is 5.32 Å². The fourth-order valence-electron chi connectivity index (χ4n) is 1.84. The monoisotopic (exact) mass is 156 g/mol. The number of hydrogen-bond donors (Lipinski definition) is 2. The van der Waals surface area contributed by atoms with Gasteiger partial charge in [-0.05, 0) is 25.7 Å². The molecule has 3 N–H and O–H groups in total. The van der Waals surface area contributed by atoms with E-state index in [0.29, 0.717) is 24.0 Å². The first-order valence-corrected chi connectivity index (χ1v) is 4.61. The minimum Gasteiger partial charge on any atom is -0.328 e. The summed E-state index contributed by atoms with van der Waals surface area (Å²) in [5.41, 5.74) is 5.91. The van der Waals surface area contributed by atoms with Crippen molar-refractivity contribution in [3.63, 3.8) is 0 Å². The highest BCUT2D eigenvalue weighted by atomic mass is 15.0. The maximum atomic E-state index is 5.91. The van der Waals surface area contributed by atoms with E-state index in [1.807, 2.05) is 0 Å². The molecule has 2 nitrogen and oxygen atoms in total. The molecule has 1 aliphatic rings. The summed E-state index contributed by atoms with van der Waals surface area (Å²) < 4.78 is 0. The highest BCUT2D eigenvalue weighted by Crippen LogP contribution is 2.17. The molecule has 0 radical (unpaired) electrons. The Kier molecular flexibility index (Phi) is 2.90. The van der Waals surface area contributed by atoms with Gasteiger partial charge in [0.2, 0.25) is 0 Å². The van der Waals surface area contributed by atoms with Crippen molar-refractivity contribution in [3.05, 3.63) is 0 Å². The summed E-state index contributed by atoms with van der Waals surface area (Å²) in [7, 11) is 0. The van der Waals surface area contributed by atoms with Crippen LogP contribution in [0, 0.1) is 5.92 Å². The van der Waals surface area contributed by atoms with Gasteiger partial charge in [0, 0.05) is 18.1 Å². The van der Waals surface area contributed by atoms with E-state index in [9.17, 15) is 0 Å². The van der Waals surface area contributed by atoms with Crippen molar-refractivity contribution in [3.8, 4) is 0 Å². The van der Waals surface area contributed by atoms with Gasteiger partial charge in [-0.3, -0.25) is 0 Å². The van der Waals surface area contributed by atoms with Gasteiger partial charge >= 0.3 is 0 Å². The standard InChI is InChI=1S/C9H20N2/c1-6(2)9-5-8(10)4-7(3)11-9/h6-9,11H,4-5,10H2,1-3H3/t7-,8+,9-/m0/s1. The molecule has 3 atom stereocenters. The van der Waals surface area contributed by atoms with Gasteiger partial charge in [0.05, 0.1) is 0 Å². The van der Waals surface area contributed by atoms with Gasteiger partial charge in [0.15, 0.2) is 0 Å². The molecule has 0 spiro atoms. The summed E-state index contributed by atoms with van der Waals surface area (Å²) in [6, 6.07) is 1.65. The van der Waals surface area contributed by atoms with Gasteiger partial charge in [0.25, 0.3) is 0 Å². The third-order valence-electron chi connectivity index (χ3n) is 2.52. The van der Waals surface area contributed by atoms with Crippen LogP contribution in [0.4, 0.5) is 0 Å². The average molecular weight is 156 g/mol. The van der Waals surface area contributed by atoms with Gasteiger partial charge in [0.1, 0.15) is 0 Å². The van der Waals surface area contributed by atoms with Crippen LogP contribution in [0.25, 0.3) is 0 Å². The molecule has 0 unspecified atom stereocenters. The van der Waals surface area contributed by atoms with Crippen LogP contribution < -0.4 is 11.1 Å². The van der Waals surface area contributed by atoms with Crippen molar-refractivity contribution in [2.75, 3.05) is 0 Å². The molecule has 1 aliphatic heterocycles. The lowest BCUT2D eigenvalue weighted by molar-refractivity contribution is 0.255. The van der Waals surface area contributed by atoms with Crippen molar-refractivity contribution in [2.45, 2.75) is 51.7 Å². The molecule has 0 aromatic heterocycles. The highest BCUT2D eigenvalue weighted by Gasteiger charge is 2.24. The van der Waals surface area contributed by atoms with Crippen molar-refractivity contribution < 1.29 is 0 Å². The van der Waals surface area contributed by atoms with E-state index < -0.39 is 0 Å². The van der Waals surface area contributed by atoms with Gasteiger partial charge in [-0.15, -0.1) is 0 Å². The van der Waals surface area contributed by atoms with Crippen LogP contribution in [0.1, 0.15) is 33.6 Å². The molecule has 0 aliphatic carbocycles. The van der Waals surface area contributed by atoms with Crippen molar-refractivity contribution >= 4 is 0 Å². The van der Waals surface area contributed by atoms with E-state index >= 15 is 0 Å². The number of piperidine rings is 1. The second-order valence-corrected chi connectivity index (χ2v) is 4.15. The van der Waals surface area contributed by atoms with Crippen LogP contribution in [0.5, 0.6) is 0 Å². The molecule has 1 fully saturated rings. The molecular formula is C9H20N2. The lowest BCUT2D eigenvalue weighted by Gasteiger charge is -2.35. The second-order valence-electron chi connectivity index (χ2n) is 4.15. The molecular weight excluding hydrogens is 136 g/mol. The Bertz CT molecular complexity index is 113. The van der Waals surface area contributed by atoms with Gasteiger partial charge < -0.3 is 11.1 Å². The Balaban J connectivity index is 2.43. The van der Waals surface area contributed by atoms with E-state index in [4.69, 9.17) is 5.73 Å². The van der Waals surface area contributed by atoms with Gasteiger partial charge in [-0.25, -0.2) is 0 Å². The predicted octanol–water partition coefficient (Wildman–Crippen LogP) is 1.11. The van der Waals surface area contributed by atoms with Crippen LogP contribution in [-0.2, 0) is 0 Å². The van der Waals surface area contributed by atoms with Crippen LogP contribution in [0.2, 0.25) is 0 Å². The van der Waals surface area contributed by atoms with Crippen molar-refractivity contribution in [2.24, 2.45) is 11.7 Å². The smallest absolute Gasteiger partial charge is 0.0107 e. The maximum Gasteiger partial charge on any atom is 0.0107 e. The van der Waals surface area contributed by atoms with Crippen LogP contribution in [0.15, 0.2) is 0 Å². The number of rotatable bonds is 1. The SMILES string of the molecule is CC(C)[C@@H]1C[C@H](N)C[C@H](C)N1. The summed E-state index contributed by atoms with van der Waals surface area (Å²) in [4.78, 5) is 0. The number of hydrogen-bond acceptors (Lipinski definition) is 2. The fourth-order valence-corrected chi connectivity index (χ4v) is 1.84. The zero-order chi connectivity index (χ0) is 8.43. The largest absolute Gasteiger partial charge is 0.328 e. The zero-order valence-corrected chi connectivity index (χ0v) is 7.80. The van der Waals surface area contributed by atoms with Crippen LogP contribution >= 0.6 is 0 Å². The first-order chi connectivity index (χ1) is 5.09. The van der Waals surface area contributed by atoms with E-state index in [1.54, 1.807) is 0 Å². The number of nitrogens with one attached hydrogen (secondary N) is 1. The minimum atomic E-state index is 0.415. The minimum absolute atomic E-state index is 0.415. The first-order valence-electron chi connectivity index (χ1n) is 4.61. The molecule has 0 aromatic rings. The highest BCUT2D eigenvalue weighted by molar-refractivity contribution is 4.86. The van der Waals surface area contributed by atoms with E-state index in [2.05, 4.69) is 26.1 Å². The van der Waals surface area contributed by atoms with Crippen LogP contribution in [-0.4, -0.2) is 18.1 Å². The molecule has 66 valence electrons. The normalized spacial score (nSPS) is 39.5. The molecule has 2 heteroatoms. The van der Waals surface area contributed by atoms with Gasteiger partial charge in [-0.2, -0.15) is 0 Å². The fraction of sp³-hybridized carbons (Fsp3) is 1.00. The summed E-state index contributed by atoms with van der Waals surface area (Å²) in [5, 5.41) is 3.57. The quantitative estimate of drug-likeness (QED) is 0.597. The molecule has 1 heterocycles. The lowest BCUT2D eigenvalue weighted by atomic mass is 9.89. The third kappa shape index (κ3) is 2.46. The van der Waals surface area contributed by atoms with Crippen molar-refractivity contribution in [1.29, 1.82) is 0 Å². The summed E-state index contributed by atoms with van der Waals surface area (Å²) in [5.74, 6) is 0.712. The average Bonchev–Trinajstić information content (AvgIpc) is 1.85. The maximum absolute atomic E-state index is 5.91. The first kappa shape index (κ1) is 9.01.